The van der Waals surface area contributed by atoms with E-state index < -0.39 is 0 Å². The Balaban J connectivity index is 1.63. The number of hydrogen-bond acceptors (Lipinski definition) is 5. The average molecular weight is 397 g/mol. The number of nitrogens with zero attached hydrogens (tertiary/aromatic N) is 4. The zero-order valence-corrected chi connectivity index (χ0v) is 17.4. The van der Waals surface area contributed by atoms with Crippen LogP contribution in [-0.2, 0) is 13.1 Å². The first kappa shape index (κ1) is 18.9. The summed E-state index contributed by atoms with van der Waals surface area (Å²) in [6.07, 6.45) is 2.49. The highest BCUT2D eigenvalue weighted by atomic mass is 32.1. The van der Waals surface area contributed by atoms with Crippen molar-refractivity contribution >= 4 is 34.9 Å². The molecular formula is C21H28N6S. The summed E-state index contributed by atoms with van der Waals surface area (Å²) in [5.74, 6) is 3.17. The van der Waals surface area contributed by atoms with Crippen molar-refractivity contribution in [3.8, 4) is 0 Å². The number of rotatable bonds is 4. The van der Waals surface area contributed by atoms with E-state index in [1.54, 1.807) is 0 Å². The van der Waals surface area contributed by atoms with Crippen molar-refractivity contribution < 1.29 is 0 Å². The molecule has 0 radical (unpaired) electrons. The Hall–Kier alpha value is -2.41. The van der Waals surface area contributed by atoms with Gasteiger partial charge >= 0.3 is 0 Å². The average Bonchev–Trinajstić information content (AvgIpc) is 3.12. The molecule has 7 heteroatoms. The Labute approximate surface area is 172 Å². The molecule has 2 aromatic rings. The number of anilines is 3. The second-order valence-electron chi connectivity index (χ2n) is 7.71. The first-order valence-electron chi connectivity index (χ1n) is 10.1. The van der Waals surface area contributed by atoms with Gasteiger partial charge in [-0.25, -0.2) is 0 Å². The fourth-order valence-electron chi connectivity index (χ4n) is 4.00. The molecule has 0 amide bonds. The second kappa shape index (κ2) is 8.31. The van der Waals surface area contributed by atoms with Gasteiger partial charge in [0.15, 0.2) is 5.11 Å². The zero-order valence-electron chi connectivity index (χ0n) is 16.6. The molecule has 1 saturated heterocycles. The van der Waals surface area contributed by atoms with E-state index in [-0.39, 0.29) is 0 Å². The summed E-state index contributed by atoms with van der Waals surface area (Å²) in [5, 5.41) is 6.84. The highest BCUT2D eigenvalue weighted by molar-refractivity contribution is 7.80. The van der Waals surface area contributed by atoms with Crippen LogP contribution < -0.4 is 20.4 Å². The summed E-state index contributed by atoms with van der Waals surface area (Å²) in [4.78, 5) is 14.3. The molecule has 2 aliphatic rings. The molecule has 1 aromatic heterocycles. The molecule has 0 spiro atoms. The van der Waals surface area contributed by atoms with Crippen LogP contribution in [0, 0.1) is 5.92 Å². The lowest BCUT2D eigenvalue weighted by Crippen LogP contribution is -2.35. The first-order chi connectivity index (χ1) is 13.6. The summed E-state index contributed by atoms with van der Waals surface area (Å²) in [6, 6.07) is 10.7. The maximum absolute atomic E-state index is 5.36. The Morgan fingerprint density at radius 2 is 1.82 bits per heavy atom. The van der Waals surface area contributed by atoms with Crippen LogP contribution in [0.3, 0.4) is 0 Å². The van der Waals surface area contributed by atoms with Gasteiger partial charge in [0, 0.05) is 38.8 Å². The fraction of sp³-hybridized carbons (Fsp3) is 0.476. The van der Waals surface area contributed by atoms with Gasteiger partial charge in [0.05, 0.1) is 0 Å². The normalized spacial score (nSPS) is 18.7. The lowest BCUT2D eigenvalue weighted by molar-refractivity contribution is 0.444. The Morgan fingerprint density at radius 1 is 1.14 bits per heavy atom. The van der Waals surface area contributed by atoms with Crippen LogP contribution in [0.15, 0.2) is 30.3 Å². The fourth-order valence-corrected chi connectivity index (χ4v) is 4.24. The van der Waals surface area contributed by atoms with Crippen molar-refractivity contribution in [1.29, 1.82) is 0 Å². The zero-order chi connectivity index (χ0) is 19.5. The molecular weight excluding hydrogens is 368 g/mol. The summed E-state index contributed by atoms with van der Waals surface area (Å²) in [7, 11) is 0. The van der Waals surface area contributed by atoms with Crippen molar-refractivity contribution in [2.24, 2.45) is 5.92 Å². The van der Waals surface area contributed by atoms with Crippen molar-refractivity contribution in [3.05, 3.63) is 41.5 Å². The van der Waals surface area contributed by atoms with E-state index >= 15 is 0 Å². The summed E-state index contributed by atoms with van der Waals surface area (Å²) < 4.78 is 0. The molecule has 1 aromatic carbocycles. The molecule has 1 atom stereocenters. The minimum atomic E-state index is 0.558. The van der Waals surface area contributed by atoms with Gasteiger partial charge < -0.3 is 20.4 Å². The predicted molar refractivity (Wildman–Crippen MR) is 119 cm³/mol. The van der Waals surface area contributed by atoms with E-state index in [1.165, 1.54) is 24.0 Å². The summed E-state index contributed by atoms with van der Waals surface area (Å²) in [5.41, 5.74) is 2.74. The predicted octanol–water partition coefficient (Wildman–Crippen LogP) is 3.54. The monoisotopic (exact) mass is 396 g/mol. The van der Waals surface area contributed by atoms with E-state index in [1.807, 2.05) is 6.92 Å². The van der Waals surface area contributed by atoms with E-state index in [0.717, 1.165) is 44.4 Å². The third-order valence-electron chi connectivity index (χ3n) is 5.41. The lowest BCUT2D eigenvalue weighted by Gasteiger charge is -2.32. The van der Waals surface area contributed by atoms with E-state index in [9.17, 15) is 0 Å². The molecule has 3 heterocycles. The van der Waals surface area contributed by atoms with Gasteiger partial charge in [0.1, 0.15) is 11.6 Å². The number of thiocarbonyl (C=S) groups is 1. The largest absolute Gasteiger partial charge is 0.363 e. The summed E-state index contributed by atoms with van der Waals surface area (Å²) in [6.45, 7) is 8.92. The van der Waals surface area contributed by atoms with Crippen LogP contribution >= 0.6 is 12.2 Å². The van der Waals surface area contributed by atoms with Crippen LogP contribution in [-0.4, -0.2) is 34.7 Å². The quantitative estimate of drug-likeness (QED) is 0.767. The number of aromatic nitrogens is 2. The van der Waals surface area contributed by atoms with Gasteiger partial charge in [-0.1, -0.05) is 31.2 Å². The Bertz CT molecular complexity index is 830. The third-order valence-corrected chi connectivity index (χ3v) is 5.65. The number of nitrogens with one attached hydrogen (secondary N) is 2. The van der Waals surface area contributed by atoms with Crippen LogP contribution in [0.1, 0.15) is 37.8 Å². The van der Waals surface area contributed by atoms with Crippen molar-refractivity contribution in [3.63, 3.8) is 0 Å². The van der Waals surface area contributed by atoms with Crippen molar-refractivity contribution in [2.75, 3.05) is 34.8 Å². The van der Waals surface area contributed by atoms with E-state index in [4.69, 9.17) is 22.2 Å². The molecule has 2 aliphatic heterocycles. The van der Waals surface area contributed by atoms with Crippen LogP contribution in [0.25, 0.3) is 0 Å². The summed E-state index contributed by atoms with van der Waals surface area (Å²) >= 11 is 5.36. The minimum absolute atomic E-state index is 0.558. The van der Waals surface area contributed by atoms with Gasteiger partial charge in [0.25, 0.3) is 0 Å². The third kappa shape index (κ3) is 4.19. The maximum atomic E-state index is 5.36. The number of benzene rings is 1. The van der Waals surface area contributed by atoms with Crippen LogP contribution in [0.2, 0.25) is 0 Å². The molecule has 1 unspecified atom stereocenters. The molecule has 4 rings (SSSR count). The maximum Gasteiger partial charge on any atom is 0.232 e. The van der Waals surface area contributed by atoms with E-state index in [0.29, 0.717) is 17.0 Å². The first-order valence-corrected chi connectivity index (χ1v) is 10.5. The van der Waals surface area contributed by atoms with Gasteiger partial charge in [0.2, 0.25) is 5.95 Å². The van der Waals surface area contributed by atoms with Crippen LogP contribution in [0.5, 0.6) is 0 Å². The molecule has 0 aliphatic carbocycles. The van der Waals surface area contributed by atoms with Crippen molar-refractivity contribution in [2.45, 2.75) is 39.8 Å². The number of hydrogen-bond donors (Lipinski definition) is 2. The molecule has 6 nitrogen and oxygen atoms in total. The van der Waals surface area contributed by atoms with Gasteiger partial charge in [-0.2, -0.15) is 9.97 Å². The molecule has 1 fully saturated rings. The Kier molecular flexibility index (Phi) is 5.62. The number of piperidine rings is 1. The number of fused-ring (bicyclic) bond motifs is 1. The lowest BCUT2D eigenvalue weighted by atomic mass is 10.0. The van der Waals surface area contributed by atoms with Crippen LogP contribution in [0.4, 0.5) is 17.6 Å². The minimum Gasteiger partial charge on any atom is -0.363 e. The van der Waals surface area contributed by atoms with E-state index in [2.05, 4.69) is 57.7 Å². The Morgan fingerprint density at radius 3 is 2.46 bits per heavy atom. The standard InChI is InChI=1S/C21H28N6S/c1-3-22-21(28)25-20-23-18(26-10-6-7-15(2)12-26)11-19(24-20)27-13-16-8-4-5-9-17(16)14-27/h4-5,8-9,11,15H,3,6-7,10,12-14H2,1-2H3,(H2,22,23,24,25,28). The highest BCUT2D eigenvalue weighted by Gasteiger charge is 2.24. The smallest absolute Gasteiger partial charge is 0.232 e. The second-order valence-corrected chi connectivity index (χ2v) is 8.12. The van der Waals surface area contributed by atoms with Gasteiger partial charge in [-0.05, 0) is 49.0 Å². The van der Waals surface area contributed by atoms with Crippen molar-refractivity contribution in [1.82, 2.24) is 15.3 Å². The molecule has 0 bridgehead atoms. The molecule has 148 valence electrons. The SMILES string of the molecule is CCNC(=S)Nc1nc(N2Cc3ccccc3C2)cc(N2CCCC(C)C2)n1. The highest BCUT2D eigenvalue weighted by Crippen LogP contribution is 2.31. The molecule has 28 heavy (non-hydrogen) atoms. The molecule has 0 saturated carbocycles. The topological polar surface area (TPSA) is 56.3 Å². The van der Waals surface area contributed by atoms with Gasteiger partial charge in [-0.15, -0.1) is 0 Å². The van der Waals surface area contributed by atoms with Gasteiger partial charge in [-0.3, -0.25) is 0 Å². The molecule has 2 N–H and O–H groups in total.